The fraction of sp³-hybridized carbons (Fsp3) is 0.684. The molecule has 2 saturated heterocycles. The molecule has 0 aromatic carbocycles. The van der Waals surface area contributed by atoms with E-state index in [9.17, 15) is 14.7 Å². The summed E-state index contributed by atoms with van der Waals surface area (Å²) in [5, 5.41) is 13.2. The van der Waals surface area contributed by atoms with Gasteiger partial charge in [-0.1, -0.05) is 0 Å². The van der Waals surface area contributed by atoms with E-state index in [-0.39, 0.29) is 23.8 Å². The molecule has 152 valence electrons. The van der Waals surface area contributed by atoms with Crippen molar-refractivity contribution in [2.75, 3.05) is 49.6 Å². The van der Waals surface area contributed by atoms with Crippen LogP contribution in [0.15, 0.2) is 12.4 Å². The van der Waals surface area contributed by atoms with E-state index in [0.717, 1.165) is 57.0 Å². The second-order valence-corrected chi connectivity index (χ2v) is 8.02. The number of nitrogens with one attached hydrogen (secondary N) is 1. The van der Waals surface area contributed by atoms with E-state index < -0.39 is 6.10 Å². The third-order valence-corrected chi connectivity index (χ3v) is 5.92. The van der Waals surface area contributed by atoms with Crippen molar-refractivity contribution in [3.63, 3.8) is 0 Å². The molecule has 9 heteroatoms. The van der Waals surface area contributed by atoms with Crippen LogP contribution >= 0.6 is 0 Å². The van der Waals surface area contributed by atoms with Crippen LogP contribution in [-0.2, 0) is 9.59 Å². The van der Waals surface area contributed by atoms with E-state index in [1.165, 1.54) is 6.33 Å². The Balaban J connectivity index is 1.34. The Bertz CT molecular complexity index is 732. The molecule has 1 atom stereocenters. The zero-order chi connectivity index (χ0) is 19.7. The number of hydrogen-bond donors (Lipinski definition) is 2. The van der Waals surface area contributed by atoms with Gasteiger partial charge in [-0.05, 0) is 31.6 Å². The van der Waals surface area contributed by atoms with Crippen molar-refractivity contribution in [3.05, 3.63) is 12.4 Å². The average Bonchev–Trinajstić information content (AvgIpc) is 3.53. The molecule has 0 unspecified atom stereocenters. The Labute approximate surface area is 164 Å². The van der Waals surface area contributed by atoms with Gasteiger partial charge in [0.15, 0.2) is 0 Å². The van der Waals surface area contributed by atoms with Gasteiger partial charge >= 0.3 is 0 Å². The molecule has 1 saturated carbocycles. The van der Waals surface area contributed by atoms with E-state index in [1.807, 2.05) is 18.0 Å². The van der Waals surface area contributed by atoms with Crippen LogP contribution in [-0.4, -0.2) is 83.7 Å². The van der Waals surface area contributed by atoms with Gasteiger partial charge in [0, 0.05) is 45.3 Å². The van der Waals surface area contributed by atoms with Crippen LogP contribution in [0.4, 0.5) is 11.6 Å². The first-order valence-corrected chi connectivity index (χ1v) is 10.1. The number of aliphatic hydroxyl groups is 1. The van der Waals surface area contributed by atoms with Crippen molar-refractivity contribution in [1.82, 2.24) is 20.2 Å². The number of rotatable bonds is 5. The average molecular weight is 388 g/mol. The number of amides is 2. The van der Waals surface area contributed by atoms with Gasteiger partial charge in [0.1, 0.15) is 24.1 Å². The lowest BCUT2D eigenvalue weighted by Crippen LogP contribution is -2.49. The highest BCUT2D eigenvalue weighted by Gasteiger charge is 2.33. The number of likely N-dealkylation sites (N-methyl/N-ethyl adjacent to an activating group) is 1. The predicted molar refractivity (Wildman–Crippen MR) is 104 cm³/mol. The predicted octanol–water partition coefficient (Wildman–Crippen LogP) is -0.389. The summed E-state index contributed by atoms with van der Waals surface area (Å²) in [4.78, 5) is 38.6. The Morgan fingerprint density at radius 2 is 1.79 bits per heavy atom. The molecule has 3 aliphatic rings. The molecule has 0 spiro atoms. The standard InChI is InChI=1S/C19H28N6O3/c1-23-8-9-25(11-17(23)26)16-10-15(20-12-21-16)24-6-4-13(5-7-24)18(27)19(28)22-14-2-3-14/h10,12-14,18,27H,2-9,11H2,1H3,(H,22,28)/t18-/m0/s1. The number of piperidine rings is 1. The van der Waals surface area contributed by atoms with E-state index in [0.29, 0.717) is 13.1 Å². The molecule has 9 nitrogen and oxygen atoms in total. The maximum atomic E-state index is 12.1. The molecule has 0 bridgehead atoms. The molecule has 1 aliphatic carbocycles. The monoisotopic (exact) mass is 388 g/mol. The van der Waals surface area contributed by atoms with Crippen LogP contribution in [0.5, 0.6) is 0 Å². The summed E-state index contributed by atoms with van der Waals surface area (Å²) < 4.78 is 0. The summed E-state index contributed by atoms with van der Waals surface area (Å²) in [5.41, 5.74) is 0. The molecule has 2 amide bonds. The van der Waals surface area contributed by atoms with Crippen LogP contribution in [0.25, 0.3) is 0 Å². The largest absolute Gasteiger partial charge is 0.383 e. The van der Waals surface area contributed by atoms with Gasteiger partial charge in [0.25, 0.3) is 0 Å². The second-order valence-electron chi connectivity index (χ2n) is 8.02. The van der Waals surface area contributed by atoms with Crippen molar-refractivity contribution >= 4 is 23.5 Å². The van der Waals surface area contributed by atoms with Gasteiger partial charge < -0.3 is 25.1 Å². The highest BCUT2D eigenvalue weighted by Crippen LogP contribution is 2.27. The van der Waals surface area contributed by atoms with Gasteiger partial charge in [-0.15, -0.1) is 0 Å². The highest BCUT2D eigenvalue weighted by atomic mass is 16.3. The normalized spacial score (nSPS) is 22.4. The van der Waals surface area contributed by atoms with Crippen molar-refractivity contribution in [2.45, 2.75) is 37.8 Å². The van der Waals surface area contributed by atoms with Gasteiger partial charge in [-0.2, -0.15) is 0 Å². The minimum atomic E-state index is -0.930. The lowest BCUT2D eigenvalue weighted by molar-refractivity contribution is -0.132. The highest BCUT2D eigenvalue weighted by molar-refractivity contribution is 5.82. The number of piperazine rings is 1. The first-order chi connectivity index (χ1) is 13.5. The van der Waals surface area contributed by atoms with Crippen molar-refractivity contribution < 1.29 is 14.7 Å². The lowest BCUT2D eigenvalue weighted by Gasteiger charge is -2.35. The van der Waals surface area contributed by atoms with Crippen LogP contribution in [0.1, 0.15) is 25.7 Å². The zero-order valence-electron chi connectivity index (χ0n) is 16.3. The summed E-state index contributed by atoms with van der Waals surface area (Å²) in [5.74, 6) is 1.42. The molecule has 1 aromatic heterocycles. The summed E-state index contributed by atoms with van der Waals surface area (Å²) in [6.07, 6.45) is 4.13. The maximum Gasteiger partial charge on any atom is 0.249 e. The number of nitrogens with zero attached hydrogens (tertiary/aromatic N) is 5. The van der Waals surface area contributed by atoms with E-state index in [1.54, 1.807) is 4.90 Å². The molecule has 0 radical (unpaired) electrons. The van der Waals surface area contributed by atoms with Crippen LogP contribution in [0.2, 0.25) is 0 Å². The topological polar surface area (TPSA) is 102 Å². The smallest absolute Gasteiger partial charge is 0.249 e. The van der Waals surface area contributed by atoms with E-state index in [4.69, 9.17) is 0 Å². The number of carbonyl (C=O) groups excluding carboxylic acids is 2. The van der Waals surface area contributed by atoms with Gasteiger partial charge in [0.2, 0.25) is 11.8 Å². The molecule has 3 fully saturated rings. The Morgan fingerprint density at radius 1 is 1.11 bits per heavy atom. The number of hydrogen-bond acceptors (Lipinski definition) is 7. The summed E-state index contributed by atoms with van der Waals surface area (Å²) in [6.45, 7) is 3.23. The van der Waals surface area contributed by atoms with Crippen LogP contribution < -0.4 is 15.1 Å². The minimum Gasteiger partial charge on any atom is -0.383 e. The van der Waals surface area contributed by atoms with Crippen molar-refractivity contribution in [3.8, 4) is 0 Å². The first-order valence-electron chi connectivity index (χ1n) is 10.1. The molecular formula is C19H28N6O3. The SMILES string of the molecule is CN1CCN(c2cc(N3CCC([C@H](O)C(=O)NC4CC4)CC3)ncn2)CC1=O. The molecule has 28 heavy (non-hydrogen) atoms. The molecular weight excluding hydrogens is 360 g/mol. The van der Waals surface area contributed by atoms with Crippen LogP contribution in [0, 0.1) is 5.92 Å². The molecule has 2 N–H and O–H groups in total. The quantitative estimate of drug-likeness (QED) is 0.708. The number of carbonyl (C=O) groups is 2. The van der Waals surface area contributed by atoms with E-state index >= 15 is 0 Å². The zero-order valence-corrected chi connectivity index (χ0v) is 16.3. The number of aliphatic hydroxyl groups excluding tert-OH is 1. The molecule has 4 rings (SSSR count). The number of anilines is 2. The summed E-state index contributed by atoms with van der Waals surface area (Å²) >= 11 is 0. The van der Waals surface area contributed by atoms with Crippen molar-refractivity contribution in [1.29, 1.82) is 0 Å². The summed E-state index contributed by atoms with van der Waals surface area (Å²) in [7, 11) is 1.81. The van der Waals surface area contributed by atoms with Gasteiger partial charge in [0.05, 0.1) is 6.54 Å². The minimum absolute atomic E-state index is 0.0217. The second kappa shape index (κ2) is 7.90. The van der Waals surface area contributed by atoms with E-state index in [2.05, 4.69) is 20.2 Å². The van der Waals surface area contributed by atoms with Gasteiger partial charge in [-0.25, -0.2) is 9.97 Å². The summed E-state index contributed by atoms with van der Waals surface area (Å²) in [6, 6.07) is 2.19. The molecule has 1 aromatic rings. The maximum absolute atomic E-state index is 12.1. The van der Waals surface area contributed by atoms with Gasteiger partial charge in [-0.3, -0.25) is 9.59 Å². The Hall–Kier alpha value is -2.42. The molecule has 3 heterocycles. The Morgan fingerprint density at radius 3 is 2.43 bits per heavy atom. The van der Waals surface area contributed by atoms with Crippen molar-refractivity contribution in [2.24, 2.45) is 5.92 Å². The fourth-order valence-corrected chi connectivity index (χ4v) is 3.81. The fourth-order valence-electron chi connectivity index (χ4n) is 3.81. The lowest BCUT2D eigenvalue weighted by atomic mass is 9.90. The third-order valence-electron chi connectivity index (χ3n) is 5.92. The van der Waals surface area contributed by atoms with Crippen LogP contribution in [0.3, 0.4) is 0 Å². The third kappa shape index (κ3) is 4.19. The first kappa shape index (κ1) is 18.9. The Kier molecular flexibility index (Phi) is 5.34. The number of aromatic nitrogens is 2. The molecule has 2 aliphatic heterocycles.